The molecule has 0 spiro atoms. The van der Waals surface area contributed by atoms with Crippen LogP contribution in [0.5, 0.6) is 0 Å². The van der Waals surface area contributed by atoms with Crippen LogP contribution >= 0.6 is 0 Å². The molecule has 1 atom stereocenters. The molecule has 0 saturated heterocycles. The van der Waals surface area contributed by atoms with Crippen LogP contribution in [0, 0.1) is 11.3 Å². The fourth-order valence-electron chi connectivity index (χ4n) is 1.38. The molecule has 0 aliphatic rings. The topological polar surface area (TPSA) is 26.3 Å². The number of alkyl halides is 6. The maximum atomic E-state index is 13.7. The van der Waals surface area contributed by atoms with Gasteiger partial charge in [0.05, 0.1) is 5.41 Å². The highest BCUT2D eigenvalue weighted by Gasteiger charge is 2.68. The Morgan fingerprint density at radius 2 is 1.48 bits per heavy atom. The number of halogens is 6. The highest BCUT2D eigenvalue weighted by atomic mass is 19.3. The van der Waals surface area contributed by atoms with Crippen molar-refractivity contribution in [3.63, 3.8) is 0 Å². The lowest BCUT2D eigenvalue weighted by Crippen LogP contribution is -2.57. The lowest BCUT2D eigenvalue weighted by Gasteiger charge is -2.36. The largest absolute Gasteiger partial charge is 0.455 e. The van der Waals surface area contributed by atoms with E-state index in [0.717, 1.165) is 13.8 Å². The van der Waals surface area contributed by atoms with Crippen LogP contribution in [0.1, 0.15) is 41.0 Å². The van der Waals surface area contributed by atoms with Crippen molar-refractivity contribution in [2.75, 3.05) is 0 Å². The van der Waals surface area contributed by atoms with Gasteiger partial charge in [-0.3, -0.25) is 4.79 Å². The summed E-state index contributed by atoms with van der Waals surface area (Å²) in [6.07, 6.45) is -6.99. The Kier molecular flexibility index (Phi) is 6.15. The zero-order valence-corrected chi connectivity index (χ0v) is 12.5. The monoisotopic (exact) mass is 322 g/mol. The van der Waals surface area contributed by atoms with Crippen LogP contribution in [0.4, 0.5) is 26.3 Å². The first kappa shape index (κ1) is 20.1. The fourth-order valence-corrected chi connectivity index (χ4v) is 1.38. The summed E-state index contributed by atoms with van der Waals surface area (Å²) >= 11 is 0. The predicted molar refractivity (Wildman–Crippen MR) is 64.7 cm³/mol. The number of rotatable bonds is 7. The van der Waals surface area contributed by atoms with Gasteiger partial charge in [0.1, 0.15) is 0 Å². The van der Waals surface area contributed by atoms with Crippen LogP contribution in [0.15, 0.2) is 0 Å². The molecular formula is C13H20F6O2. The van der Waals surface area contributed by atoms with Gasteiger partial charge in [0, 0.05) is 0 Å². The second kappa shape index (κ2) is 6.44. The summed E-state index contributed by atoms with van der Waals surface area (Å²) < 4.78 is 82.4. The van der Waals surface area contributed by atoms with Crippen LogP contribution in [0.25, 0.3) is 0 Å². The molecule has 1 unspecified atom stereocenters. The Balaban J connectivity index is 5.48. The summed E-state index contributed by atoms with van der Waals surface area (Å²) in [7, 11) is 0. The SMILES string of the molecule is CCC(C)(C)C(=O)OC(C(C)C)C(F)(F)C(F)(F)C(F)F. The third-order valence-electron chi connectivity index (χ3n) is 3.35. The number of esters is 1. The summed E-state index contributed by atoms with van der Waals surface area (Å²) in [5.74, 6) is -13.2. The average molecular weight is 322 g/mol. The van der Waals surface area contributed by atoms with Crippen LogP contribution in [-0.4, -0.2) is 30.3 Å². The molecule has 0 aromatic carbocycles. The van der Waals surface area contributed by atoms with Crippen LogP contribution in [0.3, 0.4) is 0 Å². The van der Waals surface area contributed by atoms with Gasteiger partial charge >= 0.3 is 24.2 Å². The van der Waals surface area contributed by atoms with Gasteiger partial charge in [0.15, 0.2) is 6.10 Å². The van der Waals surface area contributed by atoms with Gasteiger partial charge in [-0.15, -0.1) is 0 Å². The highest BCUT2D eigenvalue weighted by Crippen LogP contribution is 2.45. The molecule has 21 heavy (non-hydrogen) atoms. The van der Waals surface area contributed by atoms with Gasteiger partial charge in [-0.1, -0.05) is 20.8 Å². The van der Waals surface area contributed by atoms with Crippen LogP contribution < -0.4 is 0 Å². The zero-order valence-electron chi connectivity index (χ0n) is 12.5. The molecule has 0 fully saturated rings. The maximum Gasteiger partial charge on any atom is 0.373 e. The zero-order chi connectivity index (χ0) is 17.2. The van der Waals surface area contributed by atoms with Crippen molar-refractivity contribution in [2.45, 2.75) is 65.4 Å². The number of hydrogen-bond donors (Lipinski definition) is 0. The summed E-state index contributed by atoms with van der Waals surface area (Å²) in [5.41, 5.74) is -1.18. The standard InChI is InChI=1S/C13H20F6O2/c1-6-11(4,5)10(20)21-8(7(2)3)12(16,17)13(18,19)9(14)15/h7-9H,6H2,1-5H3. The van der Waals surface area contributed by atoms with Crippen molar-refractivity contribution in [2.24, 2.45) is 11.3 Å². The predicted octanol–water partition coefficient (Wildman–Crippen LogP) is 4.53. The second-order valence-corrected chi connectivity index (χ2v) is 5.85. The van der Waals surface area contributed by atoms with Gasteiger partial charge in [0.2, 0.25) is 0 Å². The number of carbonyl (C=O) groups is 1. The Hall–Kier alpha value is -0.950. The summed E-state index contributed by atoms with van der Waals surface area (Å²) in [5, 5.41) is 0. The smallest absolute Gasteiger partial charge is 0.373 e. The molecule has 0 amide bonds. The van der Waals surface area contributed by atoms with Crippen LogP contribution in [0.2, 0.25) is 0 Å². The van der Waals surface area contributed by atoms with E-state index in [4.69, 9.17) is 0 Å². The first-order chi connectivity index (χ1) is 9.21. The summed E-state index contributed by atoms with van der Waals surface area (Å²) in [4.78, 5) is 11.8. The molecule has 0 saturated carbocycles. The molecule has 0 heterocycles. The molecule has 0 bridgehead atoms. The van der Waals surface area contributed by atoms with Crippen molar-refractivity contribution >= 4 is 5.97 Å². The normalized spacial score (nSPS) is 15.5. The van der Waals surface area contributed by atoms with Crippen molar-refractivity contribution in [3.05, 3.63) is 0 Å². The van der Waals surface area contributed by atoms with Crippen molar-refractivity contribution < 1.29 is 35.9 Å². The minimum atomic E-state index is -5.58. The molecule has 0 aromatic rings. The second-order valence-electron chi connectivity index (χ2n) is 5.85. The van der Waals surface area contributed by atoms with Gasteiger partial charge in [-0.2, -0.15) is 17.6 Å². The molecule has 0 aromatic heterocycles. The van der Waals surface area contributed by atoms with E-state index in [9.17, 15) is 31.1 Å². The Morgan fingerprint density at radius 3 is 1.76 bits per heavy atom. The maximum absolute atomic E-state index is 13.7. The first-order valence-corrected chi connectivity index (χ1v) is 6.46. The number of carbonyl (C=O) groups excluding carboxylic acids is 1. The molecule has 0 radical (unpaired) electrons. The minimum Gasteiger partial charge on any atom is -0.455 e. The molecule has 0 aliphatic carbocycles. The lowest BCUT2D eigenvalue weighted by atomic mass is 9.89. The van der Waals surface area contributed by atoms with Crippen molar-refractivity contribution in [1.82, 2.24) is 0 Å². The van der Waals surface area contributed by atoms with E-state index >= 15 is 0 Å². The van der Waals surface area contributed by atoms with Gasteiger partial charge < -0.3 is 4.74 Å². The van der Waals surface area contributed by atoms with E-state index < -0.39 is 41.7 Å². The summed E-state index contributed by atoms with van der Waals surface area (Å²) in [6.45, 7) is 6.53. The number of hydrogen-bond acceptors (Lipinski definition) is 2. The fraction of sp³-hybridized carbons (Fsp3) is 0.923. The van der Waals surface area contributed by atoms with E-state index in [0.29, 0.717) is 0 Å². The Bertz CT molecular complexity index is 366. The lowest BCUT2D eigenvalue weighted by molar-refractivity contribution is -0.304. The molecule has 8 heteroatoms. The Labute approximate surface area is 119 Å². The third kappa shape index (κ3) is 4.03. The Morgan fingerprint density at radius 1 is 1.05 bits per heavy atom. The van der Waals surface area contributed by atoms with Crippen molar-refractivity contribution in [3.8, 4) is 0 Å². The summed E-state index contributed by atoms with van der Waals surface area (Å²) in [6, 6.07) is 0. The van der Waals surface area contributed by atoms with E-state index in [-0.39, 0.29) is 6.42 Å². The molecular weight excluding hydrogens is 302 g/mol. The van der Waals surface area contributed by atoms with Crippen LogP contribution in [-0.2, 0) is 9.53 Å². The molecule has 0 aliphatic heterocycles. The molecule has 0 N–H and O–H groups in total. The first-order valence-electron chi connectivity index (χ1n) is 6.46. The molecule has 126 valence electrons. The van der Waals surface area contributed by atoms with E-state index in [1.165, 1.54) is 13.8 Å². The van der Waals surface area contributed by atoms with Gasteiger partial charge in [-0.25, -0.2) is 8.78 Å². The van der Waals surface area contributed by atoms with Gasteiger partial charge in [0.25, 0.3) is 0 Å². The molecule has 2 nitrogen and oxygen atoms in total. The van der Waals surface area contributed by atoms with E-state index in [1.54, 1.807) is 6.92 Å². The highest BCUT2D eigenvalue weighted by molar-refractivity contribution is 5.76. The third-order valence-corrected chi connectivity index (χ3v) is 3.35. The van der Waals surface area contributed by atoms with E-state index in [2.05, 4.69) is 4.74 Å². The molecule has 0 rings (SSSR count). The van der Waals surface area contributed by atoms with Crippen molar-refractivity contribution in [1.29, 1.82) is 0 Å². The van der Waals surface area contributed by atoms with Gasteiger partial charge in [-0.05, 0) is 26.2 Å². The average Bonchev–Trinajstić information content (AvgIpc) is 2.34. The quantitative estimate of drug-likeness (QED) is 0.508. The number of ether oxygens (including phenoxy) is 1. The minimum absolute atomic E-state index is 0.216. The van der Waals surface area contributed by atoms with E-state index in [1.807, 2.05) is 0 Å².